The highest BCUT2D eigenvalue weighted by molar-refractivity contribution is 5.76. The molecule has 1 amide bonds. The van der Waals surface area contributed by atoms with Gasteiger partial charge in [-0.1, -0.05) is 33.6 Å². The summed E-state index contributed by atoms with van der Waals surface area (Å²) >= 11 is 0. The molecule has 124 valence electrons. The van der Waals surface area contributed by atoms with Crippen LogP contribution in [0.15, 0.2) is 0 Å². The third-order valence-electron chi connectivity index (χ3n) is 3.85. The monoisotopic (exact) mass is 308 g/mol. The zero-order valence-electron chi connectivity index (χ0n) is 13.1. The molecular formula is C15H27F3N2O. The van der Waals surface area contributed by atoms with E-state index in [1.165, 1.54) is 0 Å². The van der Waals surface area contributed by atoms with Crippen molar-refractivity contribution in [2.75, 3.05) is 0 Å². The minimum atomic E-state index is -4.24. The topological polar surface area (TPSA) is 55.1 Å². The molecular weight excluding hydrogens is 281 g/mol. The molecule has 0 heterocycles. The molecule has 1 rings (SSSR count). The van der Waals surface area contributed by atoms with Crippen LogP contribution < -0.4 is 11.1 Å². The van der Waals surface area contributed by atoms with E-state index in [-0.39, 0.29) is 30.2 Å². The number of alkyl halides is 3. The fourth-order valence-electron chi connectivity index (χ4n) is 3.06. The number of amides is 1. The third kappa shape index (κ3) is 6.68. The van der Waals surface area contributed by atoms with Crippen molar-refractivity contribution in [1.29, 1.82) is 0 Å². The highest BCUT2D eigenvalue weighted by Gasteiger charge is 2.45. The average molecular weight is 308 g/mol. The molecule has 3 atom stereocenters. The number of nitrogens with one attached hydrogen (secondary N) is 1. The van der Waals surface area contributed by atoms with E-state index >= 15 is 0 Å². The van der Waals surface area contributed by atoms with Crippen molar-refractivity contribution in [3.8, 4) is 0 Å². The second-order valence-corrected chi connectivity index (χ2v) is 7.34. The smallest absolute Gasteiger partial charge is 0.353 e. The van der Waals surface area contributed by atoms with Crippen molar-refractivity contribution in [2.45, 2.75) is 77.6 Å². The molecule has 3 N–H and O–H groups in total. The van der Waals surface area contributed by atoms with Crippen molar-refractivity contribution in [1.82, 2.24) is 5.32 Å². The first-order chi connectivity index (χ1) is 9.49. The van der Waals surface area contributed by atoms with Gasteiger partial charge in [-0.05, 0) is 24.7 Å². The zero-order valence-corrected chi connectivity index (χ0v) is 13.1. The molecule has 1 aliphatic carbocycles. The summed E-state index contributed by atoms with van der Waals surface area (Å²) in [5, 5.41) is 2.55. The number of carbonyl (C=O) groups excluding carboxylic acids is 1. The van der Waals surface area contributed by atoms with Crippen LogP contribution in [-0.4, -0.2) is 24.2 Å². The van der Waals surface area contributed by atoms with Crippen LogP contribution >= 0.6 is 0 Å². The van der Waals surface area contributed by atoms with E-state index in [0.717, 1.165) is 6.42 Å². The van der Waals surface area contributed by atoms with E-state index in [1.807, 2.05) is 20.8 Å². The quantitative estimate of drug-likeness (QED) is 0.836. The Labute approximate surface area is 124 Å². The molecule has 3 nitrogen and oxygen atoms in total. The molecule has 0 bridgehead atoms. The zero-order chi connectivity index (χ0) is 16.3. The van der Waals surface area contributed by atoms with Gasteiger partial charge >= 0.3 is 6.18 Å². The summed E-state index contributed by atoms with van der Waals surface area (Å²) in [6.07, 6.45) is -1.71. The van der Waals surface area contributed by atoms with Gasteiger partial charge in [-0.2, -0.15) is 13.2 Å². The molecule has 21 heavy (non-hydrogen) atoms. The molecule has 1 saturated carbocycles. The second kappa shape index (κ2) is 6.99. The van der Waals surface area contributed by atoms with Crippen LogP contribution in [0, 0.1) is 11.3 Å². The summed E-state index contributed by atoms with van der Waals surface area (Å²) in [5.74, 6) is -1.79. The van der Waals surface area contributed by atoms with Gasteiger partial charge in [0.25, 0.3) is 0 Å². The first-order valence-corrected chi connectivity index (χ1v) is 7.61. The minimum Gasteiger partial charge on any atom is -0.353 e. The summed E-state index contributed by atoms with van der Waals surface area (Å²) in [6.45, 7) is 6.06. The standard InChI is InChI=1S/C15H27F3N2O/c1-14(2,3)9-10(19)8-13(21)20-12-7-5-4-6-11(12)15(16,17)18/h10-12H,4-9,19H2,1-3H3,(H,20,21). The number of nitrogens with two attached hydrogens (primary N) is 1. The summed E-state index contributed by atoms with van der Waals surface area (Å²) in [5.41, 5.74) is 5.90. The Morgan fingerprint density at radius 3 is 2.33 bits per heavy atom. The van der Waals surface area contributed by atoms with Crippen molar-refractivity contribution in [3.05, 3.63) is 0 Å². The summed E-state index contributed by atoms with van der Waals surface area (Å²) in [6, 6.07) is -1.12. The highest BCUT2D eigenvalue weighted by atomic mass is 19.4. The van der Waals surface area contributed by atoms with Crippen LogP contribution in [0.4, 0.5) is 13.2 Å². The maximum absolute atomic E-state index is 13.0. The van der Waals surface area contributed by atoms with Crippen LogP contribution in [0.2, 0.25) is 0 Å². The van der Waals surface area contributed by atoms with Crippen LogP contribution in [0.25, 0.3) is 0 Å². The lowest BCUT2D eigenvalue weighted by Crippen LogP contribution is -2.48. The molecule has 0 spiro atoms. The van der Waals surface area contributed by atoms with Crippen molar-refractivity contribution in [3.63, 3.8) is 0 Å². The number of hydrogen-bond donors (Lipinski definition) is 2. The Balaban J connectivity index is 2.52. The first kappa shape index (κ1) is 18.3. The molecule has 1 fully saturated rings. The van der Waals surface area contributed by atoms with Crippen molar-refractivity contribution >= 4 is 5.91 Å². The average Bonchev–Trinajstić information content (AvgIpc) is 2.24. The number of halogens is 3. The van der Waals surface area contributed by atoms with Crippen LogP contribution in [0.1, 0.15) is 59.3 Å². The van der Waals surface area contributed by atoms with Gasteiger partial charge in [0.1, 0.15) is 0 Å². The van der Waals surface area contributed by atoms with E-state index in [4.69, 9.17) is 5.73 Å². The largest absolute Gasteiger partial charge is 0.393 e. The SMILES string of the molecule is CC(C)(C)CC(N)CC(=O)NC1CCCCC1C(F)(F)F. The Hall–Kier alpha value is -0.780. The fraction of sp³-hybridized carbons (Fsp3) is 0.933. The van der Waals surface area contributed by atoms with Crippen LogP contribution in [-0.2, 0) is 4.79 Å². The van der Waals surface area contributed by atoms with E-state index in [0.29, 0.717) is 19.3 Å². The van der Waals surface area contributed by atoms with Gasteiger partial charge in [0.05, 0.1) is 5.92 Å². The maximum Gasteiger partial charge on any atom is 0.393 e. The van der Waals surface area contributed by atoms with Gasteiger partial charge in [0.2, 0.25) is 5.91 Å². The lowest BCUT2D eigenvalue weighted by atomic mass is 9.83. The van der Waals surface area contributed by atoms with Gasteiger partial charge < -0.3 is 11.1 Å². The normalized spacial score (nSPS) is 25.5. The summed E-state index contributed by atoms with van der Waals surface area (Å²) < 4.78 is 38.9. The second-order valence-electron chi connectivity index (χ2n) is 7.34. The predicted octanol–water partition coefficient (Wildman–Crippen LogP) is 3.38. The molecule has 1 aliphatic rings. The van der Waals surface area contributed by atoms with Crippen LogP contribution in [0.5, 0.6) is 0 Å². The molecule has 6 heteroatoms. The molecule has 0 saturated heterocycles. The highest BCUT2D eigenvalue weighted by Crippen LogP contribution is 2.37. The Morgan fingerprint density at radius 2 is 1.81 bits per heavy atom. The van der Waals surface area contributed by atoms with E-state index in [2.05, 4.69) is 5.32 Å². The first-order valence-electron chi connectivity index (χ1n) is 7.61. The maximum atomic E-state index is 13.0. The number of rotatable bonds is 4. The molecule has 0 aromatic heterocycles. The van der Waals surface area contributed by atoms with E-state index < -0.39 is 18.1 Å². The van der Waals surface area contributed by atoms with Crippen molar-refractivity contribution < 1.29 is 18.0 Å². The molecule has 3 unspecified atom stereocenters. The fourth-order valence-corrected chi connectivity index (χ4v) is 3.06. The van der Waals surface area contributed by atoms with Gasteiger partial charge in [0.15, 0.2) is 0 Å². The van der Waals surface area contributed by atoms with Gasteiger partial charge in [0, 0.05) is 18.5 Å². The van der Waals surface area contributed by atoms with E-state index in [9.17, 15) is 18.0 Å². The summed E-state index contributed by atoms with van der Waals surface area (Å²) in [4.78, 5) is 11.9. The number of hydrogen-bond acceptors (Lipinski definition) is 2. The van der Waals surface area contributed by atoms with Crippen LogP contribution in [0.3, 0.4) is 0 Å². The molecule has 0 aromatic rings. The molecule has 0 aliphatic heterocycles. The Kier molecular flexibility index (Phi) is 6.08. The van der Waals surface area contributed by atoms with Gasteiger partial charge in [-0.15, -0.1) is 0 Å². The Morgan fingerprint density at radius 1 is 1.24 bits per heavy atom. The lowest BCUT2D eigenvalue weighted by Gasteiger charge is -2.33. The van der Waals surface area contributed by atoms with Crippen molar-refractivity contribution in [2.24, 2.45) is 17.1 Å². The molecule has 0 radical (unpaired) electrons. The Bertz CT molecular complexity index is 350. The lowest BCUT2D eigenvalue weighted by molar-refractivity contribution is -0.189. The van der Waals surface area contributed by atoms with Gasteiger partial charge in [-0.3, -0.25) is 4.79 Å². The number of carbonyl (C=O) groups is 1. The summed E-state index contributed by atoms with van der Waals surface area (Å²) in [7, 11) is 0. The van der Waals surface area contributed by atoms with Gasteiger partial charge in [-0.25, -0.2) is 0 Å². The predicted molar refractivity (Wildman–Crippen MR) is 76.6 cm³/mol. The minimum absolute atomic E-state index is 0.000952. The molecule has 0 aromatic carbocycles. The third-order valence-corrected chi connectivity index (χ3v) is 3.85. The van der Waals surface area contributed by atoms with E-state index in [1.54, 1.807) is 0 Å².